The molecule has 0 atom stereocenters. The van der Waals surface area contributed by atoms with Gasteiger partial charge in [0.05, 0.1) is 26.7 Å². The Hall–Kier alpha value is -3.01. The maximum absolute atomic E-state index is 14.4. The van der Waals surface area contributed by atoms with E-state index in [1.807, 2.05) is 0 Å². The van der Waals surface area contributed by atoms with E-state index in [9.17, 15) is 23.7 Å². The number of amides is 1. The Morgan fingerprint density at radius 2 is 1.96 bits per heavy atom. The lowest BCUT2D eigenvalue weighted by Gasteiger charge is -2.13. The van der Waals surface area contributed by atoms with E-state index in [-0.39, 0.29) is 33.6 Å². The van der Waals surface area contributed by atoms with Crippen molar-refractivity contribution in [2.75, 3.05) is 19.4 Å². The van der Waals surface area contributed by atoms with Crippen molar-refractivity contribution in [2.24, 2.45) is 0 Å². The summed E-state index contributed by atoms with van der Waals surface area (Å²) < 4.78 is 33.5. The fourth-order valence-electron chi connectivity index (χ4n) is 2.09. The van der Waals surface area contributed by atoms with Gasteiger partial charge >= 0.3 is 0 Å². The number of nitrogens with one attached hydrogen (secondary N) is 1. The number of carbonyl (C=O) groups excluding carboxylic acids is 1. The quantitative estimate of drug-likeness (QED) is 0.387. The maximum Gasteiger partial charge on any atom is 0.280 e. The van der Waals surface area contributed by atoms with Gasteiger partial charge < -0.3 is 15.0 Å². The minimum atomic E-state index is -0.982. The van der Waals surface area contributed by atoms with Gasteiger partial charge in [-0.1, -0.05) is 0 Å². The molecule has 0 spiro atoms. The third-order valence-corrected chi connectivity index (χ3v) is 4.09. The topological polar surface area (TPSA) is 84.7 Å². The van der Waals surface area contributed by atoms with Crippen molar-refractivity contribution in [1.82, 2.24) is 4.90 Å². The van der Waals surface area contributed by atoms with Crippen molar-refractivity contribution >= 4 is 39.8 Å². The first kappa shape index (κ1) is 20.3. The van der Waals surface area contributed by atoms with Crippen LogP contribution in [-0.2, 0) is 4.79 Å². The van der Waals surface area contributed by atoms with E-state index in [1.165, 1.54) is 12.1 Å². The number of hydrogen-bond donors (Lipinski definition) is 1. The number of nitro benzene ring substituents is 1. The Kier molecular flexibility index (Phi) is 6.45. The van der Waals surface area contributed by atoms with Crippen LogP contribution in [-0.4, -0.2) is 30.3 Å². The monoisotopic (exact) mass is 441 g/mol. The van der Waals surface area contributed by atoms with Gasteiger partial charge in [0.25, 0.3) is 5.69 Å². The third kappa shape index (κ3) is 4.79. The van der Waals surface area contributed by atoms with Crippen molar-refractivity contribution in [3.05, 3.63) is 62.3 Å². The van der Waals surface area contributed by atoms with Crippen molar-refractivity contribution in [3.63, 3.8) is 0 Å². The van der Waals surface area contributed by atoms with Gasteiger partial charge in [-0.3, -0.25) is 14.9 Å². The van der Waals surface area contributed by atoms with Gasteiger partial charge in [0.2, 0.25) is 6.41 Å². The summed E-state index contributed by atoms with van der Waals surface area (Å²) in [5, 5.41) is 13.4. The third-order valence-electron chi connectivity index (χ3n) is 3.30. The lowest BCUT2D eigenvalue weighted by Crippen LogP contribution is -2.02. The second-order valence-electron chi connectivity index (χ2n) is 5.48. The predicted molar refractivity (Wildman–Crippen MR) is 99.6 cm³/mol. The smallest absolute Gasteiger partial charge is 0.280 e. The fourth-order valence-corrected chi connectivity index (χ4v) is 2.70. The minimum absolute atomic E-state index is 0.0153. The molecule has 0 radical (unpaired) electrons. The average molecular weight is 442 g/mol. The molecule has 27 heavy (non-hydrogen) atoms. The van der Waals surface area contributed by atoms with Crippen molar-refractivity contribution in [3.8, 4) is 11.5 Å². The molecule has 0 aliphatic heterocycles. The molecule has 1 N–H and O–H groups in total. The summed E-state index contributed by atoms with van der Waals surface area (Å²) in [6.45, 7) is 0. The summed E-state index contributed by atoms with van der Waals surface area (Å²) in [4.78, 5) is 22.7. The van der Waals surface area contributed by atoms with Crippen LogP contribution in [0.5, 0.6) is 11.5 Å². The molecule has 7 nitrogen and oxygen atoms in total. The van der Waals surface area contributed by atoms with Crippen LogP contribution in [0, 0.1) is 21.7 Å². The number of hydrogen-bond acceptors (Lipinski definition) is 5. The van der Waals surface area contributed by atoms with Gasteiger partial charge in [-0.2, -0.15) is 0 Å². The molecule has 0 fully saturated rings. The highest BCUT2D eigenvalue weighted by Crippen LogP contribution is 2.41. The number of anilines is 1. The maximum atomic E-state index is 14.4. The van der Waals surface area contributed by atoms with Crippen molar-refractivity contribution in [2.45, 2.75) is 0 Å². The number of nitro groups is 1. The SMILES string of the molecule is CN(C)/C=C/c1c([N+](=O)[O-])cc(F)c(Oc2ccc(F)c(NC=O)c2)c1Br. The standard InChI is InChI=1S/C17H14BrF2N3O4/c1-22(2)6-5-11-15(23(25)26)8-13(20)17(16(11)18)27-10-3-4-12(19)14(7-10)21-9-24/h3-9H,1-2H3,(H,21,24)/b6-5+. The molecule has 10 heteroatoms. The highest BCUT2D eigenvalue weighted by Gasteiger charge is 2.24. The van der Waals surface area contributed by atoms with Gasteiger partial charge in [-0.25, -0.2) is 8.78 Å². The molecule has 142 valence electrons. The Morgan fingerprint density at radius 3 is 2.56 bits per heavy atom. The Balaban J connectivity index is 2.54. The van der Waals surface area contributed by atoms with Gasteiger partial charge in [0.15, 0.2) is 11.6 Å². The minimum Gasteiger partial charge on any atom is -0.453 e. The van der Waals surface area contributed by atoms with Crippen molar-refractivity contribution in [1.29, 1.82) is 0 Å². The van der Waals surface area contributed by atoms with Crippen LogP contribution in [0.1, 0.15) is 5.56 Å². The summed E-state index contributed by atoms with van der Waals surface area (Å²) in [5.41, 5.74) is -0.514. The van der Waals surface area contributed by atoms with Crippen LogP contribution < -0.4 is 10.1 Å². The van der Waals surface area contributed by atoms with E-state index >= 15 is 0 Å². The van der Waals surface area contributed by atoms with E-state index in [2.05, 4.69) is 21.2 Å². The summed E-state index contributed by atoms with van der Waals surface area (Å²) in [7, 11) is 3.44. The second-order valence-corrected chi connectivity index (χ2v) is 6.27. The molecular formula is C17H14BrF2N3O4. The highest BCUT2D eigenvalue weighted by atomic mass is 79.9. The zero-order valence-electron chi connectivity index (χ0n) is 14.2. The number of carbonyl (C=O) groups is 1. The van der Waals surface area contributed by atoms with E-state index in [0.717, 1.165) is 18.2 Å². The zero-order valence-corrected chi connectivity index (χ0v) is 15.8. The molecule has 0 saturated heterocycles. The lowest BCUT2D eigenvalue weighted by atomic mass is 10.1. The Bertz CT molecular complexity index is 920. The predicted octanol–water partition coefficient (Wildman–Crippen LogP) is 4.53. The van der Waals surface area contributed by atoms with Gasteiger partial charge in [0.1, 0.15) is 11.6 Å². The molecular weight excluding hydrogens is 428 g/mol. The van der Waals surface area contributed by atoms with Gasteiger partial charge in [0, 0.05) is 20.2 Å². The molecule has 0 aromatic heterocycles. The molecule has 0 saturated carbocycles. The van der Waals surface area contributed by atoms with Crippen LogP contribution in [0.15, 0.2) is 34.9 Å². The summed E-state index contributed by atoms with van der Waals surface area (Å²) in [5.74, 6) is -1.98. The van der Waals surface area contributed by atoms with Crippen LogP contribution in [0.3, 0.4) is 0 Å². The molecule has 2 rings (SSSR count). The summed E-state index contributed by atoms with van der Waals surface area (Å²) >= 11 is 3.14. The number of rotatable bonds is 7. The average Bonchev–Trinajstić information content (AvgIpc) is 2.60. The first-order chi connectivity index (χ1) is 12.7. The van der Waals surface area contributed by atoms with E-state index < -0.39 is 22.2 Å². The van der Waals surface area contributed by atoms with E-state index in [0.29, 0.717) is 0 Å². The number of benzene rings is 2. The van der Waals surface area contributed by atoms with Crippen LogP contribution >= 0.6 is 15.9 Å². The molecule has 0 bridgehead atoms. The summed E-state index contributed by atoms with van der Waals surface area (Å²) in [6.07, 6.45) is 3.27. The molecule has 0 unspecified atom stereocenters. The lowest BCUT2D eigenvalue weighted by molar-refractivity contribution is -0.385. The normalized spacial score (nSPS) is 10.7. The molecule has 1 amide bonds. The first-order valence-corrected chi connectivity index (χ1v) is 8.22. The number of ether oxygens (including phenoxy) is 1. The van der Waals surface area contributed by atoms with Crippen LogP contribution in [0.4, 0.5) is 20.2 Å². The molecule has 0 aliphatic rings. The molecule has 2 aromatic carbocycles. The van der Waals surface area contributed by atoms with Crippen LogP contribution in [0.2, 0.25) is 0 Å². The van der Waals surface area contributed by atoms with E-state index in [4.69, 9.17) is 4.74 Å². The summed E-state index contributed by atoms with van der Waals surface area (Å²) in [6, 6.07) is 4.16. The Morgan fingerprint density at radius 1 is 1.26 bits per heavy atom. The largest absolute Gasteiger partial charge is 0.453 e. The van der Waals surface area contributed by atoms with Crippen molar-refractivity contribution < 1.29 is 23.2 Å². The van der Waals surface area contributed by atoms with Gasteiger partial charge in [-0.05, 0) is 40.3 Å². The zero-order chi connectivity index (χ0) is 20.1. The molecule has 0 heterocycles. The number of nitrogens with zero attached hydrogens (tertiary/aromatic N) is 2. The molecule has 2 aromatic rings. The fraction of sp³-hybridized carbons (Fsp3) is 0.118. The molecule has 0 aliphatic carbocycles. The number of halogens is 3. The van der Waals surface area contributed by atoms with Crippen LogP contribution in [0.25, 0.3) is 6.08 Å². The van der Waals surface area contributed by atoms with E-state index in [1.54, 1.807) is 25.2 Å². The first-order valence-electron chi connectivity index (χ1n) is 7.43. The highest BCUT2D eigenvalue weighted by molar-refractivity contribution is 9.10. The second kappa shape index (κ2) is 8.58. The Labute approximate surface area is 161 Å². The van der Waals surface area contributed by atoms with Gasteiger partial charge in [-0.15, -0.1) is 0 Å².